The Morgan fingerprint density at radius 2 is 1.84 bits per heavy atom. The second kappa shape index (κ2) is 7.73. The summed E-state index contributed by atoms with van der Waals surface area (Å²) in [7, 11) is -4.18. The summed E-state index contributed by atoms with van der Waals surface area (Å²) >= 11 is 0. The van der Waals surface area contributed by atoms with Gasteiger partial charge in [-0.1, -0.05) is 18.1 Å². The number of para-hydroxylation sites is 1. The van der Waals surface area contributed by atoms with Crippen LogP contribution in [0.25, 0.3) is 0 Å². The monoisotopic (exact) mass is 360 g/mol. The van der Waals surface area contributed by atoms with Crippen molar-refractivity contribution in [2.75, 3.05) is 6.61 Å². The molecule has 0 atom stereocenters. The predicted molar refractivity (Wildman–Crippen MR) is 91.3 cm³/mol. The summed E-state index contributed by atoms with van der Waals surface area (Å²) in [6.07, 6.45) is 0. The molecule has 0 radical (unpaired) electrons. The number of aromatic carboxylic acids is 1. The highest BCUT2D eigenvalue weighted by molar-refractivity contribution is 7.87. The fourth-order valence-corrected chi connectivity index (χ4v) is 2.99. The lowest BCUT2D eigenvalue weighted by Crippen LogP contribution is -2.13. The van der Waals surface area contributed by atoms with Crippen LogP contribution in [0.5, 0.6) is 11.5 Å². The zero-order chi connectivity index (χ0) is 18.4. The van der Waals surface area contributed by atoms with Crippen molar-refractivity contribution in [2.24, 2.45) is 0 Å². The topological polar surface area (TPSA) is 89.9 Å². The van der Waals surface area contributed by atoms with E-state index in [1.54, 1.807) is 19.9 Å². The Morgan fingerprint density at radius 3 is 2.44 bits per heavy atom. The average Bonchev–Trinajstić information content (AvgIpc) is 2.57. The first-order valence-electron chi connectivity index (χ1n) is 7.25. The normalized spacial score (nSPS) is 10.5. The lowest BCUT2D eigenvalue weighted by atomic mass is 10.1. The molecule has 2 aromatic carbocycles. The maximum absolute atomic E-state index is 12.4. The molecule has 0 aliphatic heterocycles. The summed E-state index contributed by atoms with van der Waals surface area (Å²) in [6.45, 7) is 3.46. The first kappa shape index (κ1) is 18.4. The first-order valence-corrected chi connectivity index (χ1v) is 8.66. The number of ether oxygens (including phenoxy) is 1. The van der Waals surface area contributed by atoms with Gasteiger partial charge >= 0.3 is 16.1 Å². The van der Waals surface area contributed by atoms with Crippen LogP contribution in [0.2, 0.25) is 0 Å². The Balaban J connectivity index is 2.28. The number of carboxylic acid groups (broad SMARTS) is 1. The molecule has 0 aliphatic carbocycles. The molecule has 0 amide bonds. The molecule has 0 fully saturated rings. The third-order valence-electron chi connectivity index (χ3n) is 3.24. The number of rotatable bonds is 6. The van der Waals surface area contributed by atoms with Gasteiger partial charge in [-0.15, -0.1) is 5.92 Å². The van der Waals surface area contributed by atoms with Gasteiger partial charge in [-0.3, -0.25) is 0 Å². The number of benzene rings is 2. The molecular weight excluding hydrogens is 344 g/mol. The van der Waals surface area contributed by atoms with Crippen LogP contribution in [0, 0.1) is 18.8 Å². The second-order valence-electron chi connectivity index (χ2n) is 4.98. The van der Waals surface area contributed by atoms with Gasteiger partial charge in [0.1, 0.15) is 22.8 Å². The van der Waals surface area contributed by atoms with Crippen LogP contribution in [0.15, 0.2) is 47.4 Å². The van der Waals surface area contributed by atoms with Gasteiger partial charge in [-0.05, 0) is 49.7 Å². The molecule has 1 N–H and O–H groups in total. The zero-order valence-electron chi connectivity index (χ0n) is 13.6. The van der Waals surface area contributed by atoms with Crippen LogP contribution in [-0.2, 0) is 10.1 Å². The Bertz CT molecular complexity index is 934. The van der Waals surface area contributed by atoms with E-state index in [4.69, 9.17) is 8.92 Å². The van der Waals surface area contributed by atoms with Crippen LogP contribution in [0.4, 0.5) is 0 Å². The van der Waals surface area contributed by atoms with E-state index in [1.807, 2.05) is 0 Å². The summed E-state index contributed by atoms with van der Waals surface area (Å²) in [5, 5.41) is 9.19. The summed E-state index contributed by atoms with van der Waals surface area (Å²) in [6, 6.07) is 9.97. The molecule has 0 saturated carbocycles. The van der Waals surface area contributed by atoms with E-state index in [0.29, 0.717) is 11.3 Å². The smallest absolute Gasteiger partial charge is 0.339 e. The molecule has 0 bridgehead atoms. The van der Waals surface area contributed by atoms with Gasteiger partial charge < -0.3 is 14.0 Å². The minimum Gasteiger partial charge on any atom is -0.481 e. The van der Waals surface area contributed by atoms with Crippen molar-refractivity contribution in [3.63, 3.8) is 0 Å². The number of hydrogen-bond donors (Lipinski definition) is 1. The van der Waals surface area contributed by atoms with E-state index in [1.165, 1.54) is 36.4 Å². The molecule has 25 heavy (non-hydrogen) atoms. The van der Waals surface area contributed by atoms with Gasteiger partial charge in [0.2, 0.25) is 0 Å². The van der Waals surface area contributed by atoms with Crippen LogP contribution < -0.4 is 8.92 Å². The highest BCUT2D eigenvalue weighted by atomic mass is 32.2. The van der Waals surface area contributed by atoms with Crippen molar-refractivity contribution < 1.29 is 27.2 Å². The molecule has 0 unspecified atom stereocenters. The lowest BCUT2D eigenvalue weighted by Gasteiger charge is -2.12. The maximum Gasteiger partial charge on any atom is 0.339 e. The minimum atomic E-state index is -4.18. The van der Waals surface area contributed by atoms with E-state index in [-0.39, 0.29) is 22.8 Å². The molecule has 6 nitrogen and oxygen atoms in total. The quantitative estimate of drug-likeness (QED) is 0.629. The molecule has 130 valence electrons. The van der Waals surface area contributed by atoms with Crippen molar-refractivity contribution >= 4 is 16.1 Å². The fourth-order valence-electron chi connectivity index (χ4n) is 1.98. The standard InChI is InChI=1S/C18H16O6S/c1-3-4-12-23-14-8-10-15(11-9-14)25(21,22)24-17-13(2)6-5-7-16(17)18(19)20/h5-11H,12H2,1-2H3,(H,19,20). The van der Waals surface area contributed by atoms with Crippen molar-refractivity contribution in [1.29, 1.82) is 0 Å². The van der Waals surface area contributed by atoms with Crippen LogP contribution in [0.1, 0.15) is 22.8 Å². The van der Waals surface area contributed by atoms with E-state index in [9.17, 15) is 18.3 Å². The summed E-state index contributed by atoms with van der Waals surface area (Å²) in [5.41, 5.74) is 0.184. The van der Waals surface area contributed by atoms with Gasteiger partial charge in [0.15, 0.2) is 5.75 Å². The summed E-state index contributed by atoms with van der Waals surface area (Å²) in [5.74, 6) is 4.40. The molecular formula is C18H16O6S. The van der Waals surface area contributed by atoms with Crippen LogP contribution in [0.3, 0.4) is 0 Å². The number of aryl methyl sites for hydroxylation is 1. The van der Waals surface area contributed by atoms with Gasteiger partial charge in [-0.2, -0.15) is 8.42 Å². The van der Waals surface area contributed by atoms with Crippen molar-refractivity contribution in [1.82, 2.24) is 0 Å². The van der Waals surface area contributed by atoms with E-state index in [0.717, 1.165) is 0 Å². The molecule has 2 aromatic rings. The first-order chi connectivity index (χ1) is 11.8. The van der Waals surface area contributed by atoms with E-state index in [2.05, 4.69) is 11.8 Å². The lowest BCUT2D eigenvalue weighted by molar-refractivity contribution is 0.0695. The molecule has 7 heteroatoms. The molecule has 2 rings (SSSR count). The summed E-state index contributed by atoms with van der Waals surface area (Å²) in [4.78, 5) is 11.2. The number of hydrogen-bond acceptors (Lipinski definition) is 5. The third-order valence-corrected chi connectivity index (χ3v) is 4.47. The van der Waals surface area contributed by atoms with Crippen molar-refractivity contribution in [2.45, 2.75) is 18.7 Å². The van der Waals surface area contributed by atoms with Gasteiger partial charge in [0.25, 0.3) is 0 Å². The van der Waals surface area contributed by atoms with Crippen molar-refractivity contribution in [3.05, 3.63) is 53.6 Å². The zero-order valence-corrected chi connectivity index (χ0v) is 14.5. The van der Waals surface area contributed by atoms with Gasteiger partial charge in [0, 0.05) is 0 Å². The predicted octanol–water partition coefficient (Wildman–Crippen LogP) is 2.86. The molecule has 0 aliphatic rings. The Hall–Kier alpha value is -2.98. The average molecular weight is 360 g/mol. The molecule has 0 heterocycles. The molecule has 0 aromatic heterocycles. The van der Waals surface area contributed by atoms with Gasteiger partial charge in [-0.25, -0.2) is 4.79 Å². The van der Waals surface area contributed by atoms with Gasteiger partial charge in [0.05, 0.1) is 0 Å². The van der Waals surface area contributed by atoms with Crippen LogP contribution >= 0.6 is 0 Å². The fraction of sp³-hybridized carbons (Fsp3) is 0.167. The second-order valence-corrected chi connectivity index (χ2v) is 6.53. The maximum atomic E-state index is 12.4. The summed E-state index contributed by atoms with van der Waals surface area (Å²) < 4.78 is 35.2. The Kier molecular flexibility index (Phi) is 5.67. The Morgan fingerprint density at radius 1 is 1.16 bits per heavy atom. The Labute approximate surface area is 146 Å². The van der Waals surface area contributed by atoms with Crippen LogP contribution in [-0.4, -0.2) is 26.1 Å². The van der Waals surface area contributed by atoms with E-state index < -0.39 is 16.1 Å². The SMILES string of the molecule is CC#CCOc1ccc(S(=O)(=O)Oc2c(C)cccc2C(=O)O)cc1. The highest BCUT2D eigenvalue weighted by Gasteiger charge is 2.22. The third kappa shape index (κ3) is 4.52. The van der Waals surface area contributed by atoms with Crippen molar-refractivity contribution in [3.8, 4) is 23.3 Å². The van der Waals surface area contributed by atoms with E-state index >= 15 is 0 Å². The number of carboxylic acids is 1. The minimum absolute atomic E-state index is 0.110. The largest absolute Gasteiger partial charge is 0.481 e. The molecule has 0 spiro atoms. The molecule has 0 saturated heterocycles. The number of carbonyl (C=O) groups is 1. The highest BCUT2D eigenvalue weighted by Crippen LogP contribution is 2.27.